The van der Waals surface area contributed by atoms with Gasteiger partial charge in [-0.3, -0.25) is 9.59 Å². The first-order valence-corrected chi connectivity index (χ1v) is 21.8. The van der Waals surface area contributed by atoms with Gasteiger partial charge in [-0.05, 0) is 77.0 Å². The minimum Gasteiger partial charge on any atom is -0.477 e. The Bertz CT molecular complexity index is 1420. The van der Waals surface area contributed by atoms with E-state index in [0.717, 1.165) is 70.6 Å². The summed E-state index contributed by atoms with van der Waals surface area (Å²) in [5.41, 5.74) is 0. The average molecular weight is 817 g/mol. The molecule has 0 aliphatic carbocycles. The average Bonchev–Trinajstić information content (AvgIpc) is 3.19. The highest BCUT2D eigenvalue weighted by atomic mass is 16.6. The number of hydrogen-bond acceptors (Lipinski definition) is 6. The number of quaternary nitrogens is 1. The highest BCUT2D eigenvalue weighted by molar-refractivity contribution is 5.72. The molecule has 328 valence electrons. The van der Waals surface area contributed by atoms with Crippen LogP contribution in [-0.4, -0.2) is 80.6 Å². The summed E-state index contributed by atoms with van der Waals surface area (Å²) in [5, 5.41) is 9.62. The number of carboxylic acids is 1. The lowest BCUT2D eigenvalue weighted by Crippen LogP contribution is -2.50. The molecule has 0 fully saturated rings. The molecule has 0 saturated heterocycles. The van der Waals surface area contributed by atoms with Crippen molar-refractivity contribution in [1.82, 2.24) is 0 Å². The molecule has 0 spiro atoms. The van der Waals surface area contributed by atoms with Crippen molar-refractivity contribution in [3.8, 4) is 0 Å². The first-order valence-electron chi connectivity index (χ1n) is 21.8. The monoisotopic (exact) mass is 817 g/mol. The number of carboxylic acid groups (broad SMARTS) is 1. The van der Waals surface area contributed by atoms with Crippen LogP contribution in [-0.2, 0) is 28.6 Å². The van der Waals surface area contributed by atoms with Crippen LogP contribution in [0.2, 0.25) is 0 Å². The summed E-state index contributed by atoms with van der Waals surface area (Å²) in [7, 11) is 5.47. The number of allylic oxidation sites excluding steroid dienone is 22. The third kappa shape index (κ3) is 38.7. The summed E-state index contributed by atoms with van der Waals surface area (Å²) in [6.45, 7) is 4.33. The SMILES string of the molecule is CC/C=C/C=C/C=C/C=C/C=C/CCCCCC(=O)OC(COCCC(C(=O)O)[N+](C)(C)C)COC(=O)CCC/C=C/C/C=C/C/C=C/C/C=C/C/C=C/C/C=C/CC. The summed E-state index contributed by atoms with van der Waals surface area (Å²) in [4.78, 5) is 37.0. The number of carbonyl (C=O) groups excluding carboxylic acids is 2. The summed E-state index contributed by atoms with van der Waals surface area (Å²) < 4.78 is 17.1. The number of unbranched alkanes of at least 4 members (excludes halogenated alkanes) is 4. The van der Waals surface area contributed by atoms with Crippen LogP contribution in [0.25, 0.3) is 0 Å². The summed E-state index contributed by atoms with van der Waals surface area (Å²) >= 11 is 0. The molecule has 0 aliphatic rings. The number of rotatable bonds is 36. The standard InChI is InChI=1S/C51H77NO7/c1-6-8-10-12-14-16-18-20-22-23-24-25-26-28-29-31-33-35-37-39-41-49(53)58-46-47(45-57-44-43-48(51(55)56)52(3,4)5)59-50(54)42-40-38-36-34-32-30-27-21-19-17-15-13-11-9-7-2/h8-11,13-17,19-22,24-25,27-30,32-33,35,47-48H,6-7,12,18,23,26,31,34,36-46H2,1-5H3/p+1/b10-8+,11-9+,15-13+,16-14+,19-17+,22-20+,25-24+,27-21+,29-28+,32-30+,35-33+. The first kappa shape index (κ1) is 54.5. The van der Waals surface area contributed by atoms with Crippen molar-refractivity contribution in [2.24, 2.45) is 0 Å². The lowest BCUT2D eigenvalue weighted by Gasteiger charge is -2.31. The second-order valence-electron chi connectivity index (χ2n) is 15.0. The van der Waals surface area contributed by atoms with Crippen LogP contribution in [0.3, 0.4) is 0 Å². The molecule has 59 heavy (non-hydrogen) atoms. The van der Waals surface area contributed by atoms with Crippen molar-refractivity contribution in [3.63, 3.8) is 0 Å². The molecule has 2 atom stereocenters. The largest absolute Gasteiger partial charge is 0.477 e. The molecule has 0 radical (unpaired) electrons. The van der Waals surface area contributed by atoms with Gasteiger partial charge in [-0.1, -0.05) is 154 Å². The topological polar surface area (TPSA) is 99.1 Å². The number of esters is 2. The van der Waals surface area contributed by atoms with E-state index >= 15 is 0 Å². The van der Waals surface area contributed by atoms with Crippen molar-refractivity contribution < 1.29 is 38.2 Å². The van der Waals surface area contributed by atoms with E-state index in [1.54, 1.807) is 0 Å². The predicted octanol–water partition coefficient (Wildman–Crippen LogP) is 12.0. The zero-order valence-corrected chi connectivity index (χ0v) is 37.1. The van der Waals surface area contributed by atoms with E-state index < -0.39 is 18.1 Å². The molecular formula is C51H78NO7+. The van der Waals surface area contributed by atoms with Crippen LogP contribution < -0.4 is 0 Å². The van der Waals surface area contributed by atoms with E-state index in [0.29, 0.717) is 19.3 Å². The Labute approximate surface area is 358 Å². The lowest BCUT2D eigenvalue weighted by atomic mass is 10.1. The molecule has 8 nitrogen and oxygen atoms in total. The summed E-state index contributed by atoms with van der Waals surface area (Å²) in [6, 6.07) is -0.641. The molecule has 0 aromatic carbocycles. The maximum Gasteiger partial charge on any atom is 0.362 e. The number of hydrogen-bond donors (Lipinski definition) is 1. The molecule has 0 rings (SSSR count). The molecule has 0 aromatic rings. The van der Waals surface area contributed by atoms with Gasteiger partial charge in [0.05, 0.1) is 34.4 Å². The van der Waals surface area contributed by atoms with Gasteiger partial charge in [0.15, 0.2) is 12.1 Å². The predicted molar refractivity (Wildman–Crippen MR) is 247 cm³/mol. The molecule has 0 saturated carbocycles. The Hall–Kier alpha value is -4.53. The zero-order valence-electron chi connectivity index (χ0n) is 37.1. The summed E-state index contributed by atoms with van der Waals surface area (Å²) in [6.07, 6.45) is 57.9. The number of likely N-dealkylation sites (N-methyl/N-ethyl adjacent to an activating group) is 1. The number of nitrogens with zero attached hydrogens (tertiary/aromatic N) is 1. The quantitative estimate of drug-likeness (QED) is 0.0221. The smallest absolute Gasteiger partial charge is 0.362 e. The zero-order chi connectivity index (χ0) is 43.5. The van der Waals surface area contributed by atoms with Gasteiger partial charge >= 0.3 is 17.9 Å². The van der Waals surface area contributed by atoms with Crippen LogP contribution >= 0.6 is 0 Å². The number of ether oxygens (including phenoxy) is 3. The van der Waals surface area contributed by atoms with E-state index in [1.807, 2.05) is 69.8 Å². The molecule has 2 unspecified atom stereocenters. The molecular weight excluding hydrogens is 739 g/mol. The van der Waals surface area contributed by atoms with Crippen molar-refractivity contribution in [1.29, 1.82) is 0 Å². The second-order valence-corrected chi connectivity index (χ2v) is 15.0. The van der Waals surface area contributed by atoms with E-state index in [9.17, 15) is 19.5 Å². The third-order valence-electron chi connectivity index (χ3n) is 8.67. The normalized spacial score (nSPS) is 14.3. The van der Waals surface area contributed by atoms with Gasteiger partial charge in [-0.15, -0.1) is 0 Å². The van der Waals surface area contributed by atoms with Crippen molar-refractivity contribution >= 4 is 17.9 Å². The molecule has 0 bridgehead atoms. The number of carbonyl (C=O) groups is 3. The van der Waals surface area contributed by atoms with Gasteiger partial charge in [0.2, 0.25) is 0 Å². The fraction of sp³-hybridized carbons (Fsp3) is 0.510. The van der Waals surface area contributed by atoms with Crippen LogP contribution in [0, 0.1) is 0 Å². The van der Waals surface area contributed by atoms with Crippen LogP contribution in [0.4, 0.5) is 0 Å². The highest BCUT2D eigenvalue weighted by Gasteiger charge is 2.31. The lowest BCUT2D eigenvalue weighted by molar-refractivity contribution is -0.887. The van der Waals surface area contributed by atoms with Crippen molar-refractivity contribution in [2.75, 3.05) is 41.0 Å². The van der Waals surface area contributed by atoms with Crippen LogP contribution in [0.15, 0.2) is 134 Å². The van der Waals surface area contributed by atoms with E-state index in [1.165, 1.54) is 0 Å². The molecule has 1 N–H and O–H groups in total. The summed E-state index contributed by atoms with van der Waals surface area (Å²) in [5.74, 6) is -1.62. The van der Waals surface area contributed by atoms with Crippen LogP contribution in [0.5, 0.6) is 0 Å². The first-order chi connectivity index (χ1) is 28.6. The van der Waals surface area contributed by atoms with Crippen molar-refractivity contribution in [3.05, 3.63) is 134 Å². The molecule has 0 heterocycles. The van der Waals surface area contributed by atoms with Gasteiger partial charge in [-0.2, -0.15) is 0 Å². The number of aliphatic carboxylic acids is 1. The van der Waals surface area contributed by atoms with E-state index in [4.69, 9.17) is 14.2 Å². The van der Waals surface area contributed by atoms with Gasteiger partial charge < -0.3 is 23.8 Å². The fourth-order valence-corrected chi connectivity index (χ4v) is 5.36. The Morgan fingerprint density at radius 3 is 1.53 bits per heavy atom. The molecule has 8 heteroatoms. The van der Waals surface area contributed by atoms with Crippen LogP contribution in [0.1, 0.15) is 117 Å². The van der Waals surface area contributed by atoms with Gasteiger partial charge in [0.25, 0.3) is 0 Å². The Morgan fingerprint density at radius 2 is 1.00 bits per heavy atom. The molecule has 0 aliphatic heterocycles. The third-order valence-corrected chi connectivity index (χ3v) is 8.67. The van der Waals surface area contributed by atoms with Crippen molar-refractivity contribution in [2.45, 2.75) is 129 Å². The molecule has 0 amide bonds. The maximum absolute atomic E-state index is 12.7. The highest BCUT2D eigenvalue weighted by Crippen LogP contribution is 2.11. The Morgan fingerprint density at radius 1 is 0.525 bits per heavy atom. The van der Waals surface area contributed by atoms with Gasteiger partial charge in [-0.25, -0.2) is 4.79 Å². The second kappa shape index (κ2) is 40.3. The van der Waals surface area contributed by atoms with E-state index in [2.05, 4.69) is 98.9 Å². The Balaban J connectivity index is 4.56. The minimum atomic E-state index is -0.898. The van der Waals surface area contributed by atoms with E-state index in [-0.39, 0.29) is 49.1 Å². The molecule has 0 aromatic heterocycles. The van der Waals surface area contributed by atoms with Gasteiger partial charge in [0.1, 0.15) is 6.61 Å². The van der Waals surface area contributed by atoms with Gasteiger partial charge in [0, 0.05) is 19.3 Å². The maximum atomic E-state index is 12.7. The Kier molecular flexibility index (Phi) is 37.2. The minimum absolute atomic E-state index is 0.0146. The fourth-order valence-electron chi connectivity index (χ4n) is 5.36.